The van der Waals surface area contributed by atoms with Gasteiger partial charge in [0.1, 0.15) is 5.82 Å². The molecule has 3 rings (SSSR count). The summed E-state index contributed by atoms with van der Waals surface area (Å²) in [5.41, 5.74) is 1.45. The number of nitrogens with zero attached hydrogens (tertiary/aromatic N) is 1. The number of hydrogen-bond acceptors (Lipinski definition) is 5. The SMILES string of the molecule is COC(=O)c1ccc(CCNC(=O)C2CCN(S(=O)(=O)c3ccc(F)cc3)CC2)cc1. The maximum atomic E-state index is 13.1. The summed E-state index contributed by atoms with van der Waals surface area (Å²) in [6.45, 7) is 0.935. The molecule has 1 fully saturated rings. The Morgan fingerprint density at radius 1 is 1.06 bits per heavy atom. The van der Waals surface area contributed by atoms with E-state index in [-0.39, 0.29) is 29.8 Å². The molecular weight excluding hydrogens is 423 g/mol. The Balaban J connectivity index is 1.46. The lowest BCUT2D eigenvalue weighted by atomic mass is 9.97. The van der Waals surface area contributed by atoms with Crippen LogP contribution in [0.3, 0.4) is 0 Å². The fourth-order valence-electron chi connectivity index (χ4n) is 3.51. The molecule has 166 valence electrons. The number of rotatable bonds is 7. The van der Waals surface area contributed by atoms with Crippen molar-refractivity contribution >= 4 is 21.9 Å². The molecule has 1 heterocycles. The van der Waals surface area contributed by atoms with Gasteiger partial charge in [-0.25, -0.2) is 17.6 Å². The van der Waals surface area contributed by atoms with Crippen LogP contribution < -0.4 is 5.32 Å². The van der Waals surface area contributed by atoms with Crippen molar-refractivity contribution in [2.45, 2.75) is 24.2 Å². The molecule has 0 unspecified atom stereocenters. The Hall–Kier alpha value is -2.78. The molecule has 2 aromatic carbocycles. The number of benzene rings is 2. The van der Waals surface area contributed by atoms with E-state index in [1.807, 2.05) is 12.1 Å². The molecule has 1 N–H and O–H groups in total. The molecule has 7 nitrogen and oxygen atoms in total. The summed E-state index contributed by atoms with van der Waals surface area (Å²) >= 11 is 0. The van der Waals surface area contributed by atoms with Gasteiger partial charge in [0.05, 0.1) is 17.6 Å². The first-order valence-corrected chi connectivity index (χ1v) is 11.5. The molecule has 1 amide bonds. The van der Waals surface area contributed by atoms with Crippen LogP contribution in [0.25, 0.3) is 0 Å². The quantitative estimate of drug-likeness (QED) is 0.657. The number of ether oxygens (including phenoxy) is 1. The smallest absolute Gasteiger partial charge is 0.337 e. The van der Waals surface area contributed by atoms with Gasteiger partial charge in [0.15, 0.2) is 0 Å². The third-order valence-corrected chi connectivity index (χ3v) is 7.28. The zero-order chi connectivity index (χ0) is 22.4. The van der Waals surface area contributed by atoms with Crippen molar-refractivity contribution in [1.82, 2.24) is 9.62 Å². The highest BCUT2D eigenvalue weighted by Gasteiger charge is 2.31. The van der Waals surface area contributed by atoms with Gasteiger partial charge < -0.3 is 10.1 Å². The first kappa shape index (κ1) is 22.9. The highest BCUT2D eigenvalue weighted by Crippen LogP contribution is 2.24. The normalized spacial score (nSPS) is 15.4. The maximum absolute atomic E-state index is 13.1. The molecule has 1 saturated heterocycles. The molecule has 9 heteroatoms. The van der Waals surface area contributed by atoms with E-state index < -0.39 is 21.8 Å². The largest absolute Gasteiger partial charge is 0.465 e. The Bertz CT molecular complexity index is 1010. The number of halogens is 1. The minimum atomic E-state index is -3.69. The molecule has 0 saturated carbocycles. The number of sulfonamides is 1. The monoisotopic (exact) mass is 448 g/mol. The van der Waals surface area contributed by atoms with Gasteiger partial charge in [-0.1, -0.05) is 12.1 Å². The lowest BCUT2D eigenvalue weighted by molar-refractivity contribution is -0.126. The van der Waals surface area contributed by atoms with Crippen LogP contribution in [-0.4, -0.2) is 51.3 Å². The lowest BCUT2D eigenvalue weighted by Crippen LogP contribution is -2.43. The highest BCUT2D eigenvalue weighted by atomic mass is 32.2. The Kier molecular flexibility index (Phi) is 7.40. The maximum Gasteiger partial charge on any atom is 0.337 e. The molecule has 0 aromatic heterocycles. The van der Waals surface area contributed by atoms with Crippen LogP contribution in [-0.2, 0) is 26.0 Å². The summed E-state index contributed by atoms with van der Waals surface area (Å²) in [6.07, 6.45) is 1.48. The number of hydrogen-bond donors (Lipinski definition) is 1. The van der Waals surface area contributed by atoms with Crippen molar-refractivity contribution in [2.75, 3.05) is 26.7 Å². The fourth-order valence-corrected chi connectivity index (χ4v) is 4.98. The number of piperidine rings is 1. The summed E-state index contributed by atoms with van der Waals surface area (Å²) in [4.78, 5) is 24.0. The van der Waals surface area contributed by atoms with E-state index in [9.17, 15) is 22.4 Å². The van der Waals surface area contributed by atoms with Crippen molar-refractivity contribution in [3.63, 3.8) is 0 Å². The zero-order valence-electron chi connectivity index (χ0n) is 17.2. The first-order valence-electron chi connectivity index (χ1n) is 10.0. The molecule has 0 radical (unpaired) electrons. The average molecular weight is 449 g/mol. The second kappa shape index (κ2) is 10.0. The summed E-state index contributed by atoms with van der Waals surface area (Å²) in [6, 6.07) is 11.7. The molecule has 0 aliphatic carbocycles. The van der Waals surface area contributed by atoms with Crippen LogP contribution in [0.2, 0.25) is 0 Å². The number of amides is 1. The number of methoxy groups -OCH3 is 1. The van der Waals surface area contributed by atoms with Crippen molar-refractivity contribution < 1.29 is 27.1 Å². The second-order valence-electron chi connectivity index (χ2n) is 7.36. The van der Waals surface area contributed by atoms with E-state index >= 15 is 0 Å². The first-order chi connectivity index (χ1) is 14.8. The average Bonchev–Trinajstić information content (AvgIpc) is 2.79. The van der Waals surface area contributed by atoms with E-state index in [1.165, 1.54) is 23.5 Å². The molecule has 1 aliphatic rings. The van der Waals surface area contributed by atoms with E-state index in [2.05, 4.69) is 10.1 Å². The predicted molar refractivity (Wildman–Crippen MR) is 112 cm³/mol. The van der Waals surface area contributed by atoms with Gasteiger partial charge in [-0.05, 0) is 61.2 Å². The minimum absolute atomic E-state index is 0.0509. The number of nitrogens with one attached hydrogen (secondary N) is 1. The standard InChI is InChI=1S/C22H25FN2O5S/c1-30-22(27)18-4-2-16(3-5-18)10-13-24-21(26)17-11-14-25(15-12-17)31(28,29)20-8-6-19(23)7-9-20/h2-9,17H,10-15H2,1H3,(H,24,26). The van der Waals surface area contributed by atoms with Crippen molar-refractivity contribution in [3.05, 3.63) is 65.5 Å². The van der Waals surface area contributed by atoms with Gasteiger partial charge in [0.25, 0.3) is 0 Å². The van der Waals surface area contributed by atoms with E-state index in [0.717, 1.165) is 17.7 Å². The predicted octanol–water partition coefficient (Wildman–Crippen LogP) is 2.37. The third-order valence-electron chi connectivity index (χ3n) is 5.36. The van der Waals surface area contributed by atoms with Crippen molar-refractivity contribution in [3.8, 4) is 0 Å². The lowest BCUT2D eigenvalue weighted by Gasteiger charge is -2.30. The summed E-state index contributed by atoms with van der Waals surface area (Å²) in [5, 5.41) is 2.90. The minimum Gasteiger partial charge on any atom is -0.465 e. The molecule has 0 spiro atoms. The van der Waals surface area contributed by atoms with Crippen LogP contribution in [0.5, 0.6) is 0 Å². The van der Waals surface area contributed by atoms with Crippen LogP contribution in [0.15, 0.2) is 53.4 Å². The van der Waals surface area contributed by atoms with Crippen molar-refractivity contribution in [1.29, 1.82) is 0 Å². The molecule has 1 aliphatic heterocycles. The summed E-state index contributed by atoms with van der Waals surface area (Å²) in [5.74, 6) is -1.23. The molecule has 0 bridgehead atoms. The topological polar surface area (TPSA) is 92.8 Å². The van der Waals surface area contributed by atoms with Crippen LogP contribution >= 0.6 is 0 Å². The highest BCUT2D eigenvalue weighted by molar-refractivity contribution is 7.89. The summed E-state index contributed by atoms with van der Waals surface area (Å²) in [7, 11) is -2.36. The molecule has 31 heavy (non-hydrogen) atoms. The van der Waals surface area contributed by atoms with Gasteiger partial charge in [-0.15, -0.1) is 0 Å². The van der Waals surface area contributed by atoms with Crippen LogP contribution in [0, 0.1) is 11.7 Å². The fraction of sp³-hybridized carbons (Fsp3) is 0.364. The van der Waals surface area contributed by atoms with Gasteiger partial charge in [0, 0.05) is 25.6 Å². The molecule has 2 aromatic rings. The number of carbonyl (C=O) groups excluding carboxylic acids is 2. The van der Waals surface area contributed by atoms with Crippen molar-refractivity contribution in [2.24, 2.45) is 5.92 Å². The van der Waals surface area contributed by atoms with E-state index in [1.54, 1.807) is 12.1 Å². The molecular formula is C22H25FN2O5S. The van der Waals surface area contributed by atoms with Crippen LogP contribution in [0.1, 0.15) is 28.8 Å². The van der Waals surface area contributed by atoms with Gasteiger partial charge in [0.2, 0.25) is 15.9 Å². The zero-order valence-corrected chi connectivity index (χ0v) is 18.0. The third kappa shape index (κ3) is 5.68. The summed E-state index contributed by atoms with van der Waals surface area (Å²) < 4.78 is 44.4. The second-order valence-corrected chi connectivity index (χ2v) is 9.30. The van der Waals surface area contributed by atoms with Gasteiger partial charge in [-0.2, -0.15) is 4.31 Å². The van der Waals surface area contributed by atoms with E-state index in [0.29, 0.717) is 31.4 Å². The molecule has 0 atom stereocenters. The Morgan fingerprint density at radius 3 is 2.26 bits per heavy atom. The van der Waals surface area contributed by atoms with Gasteiger partial charge in [-0.3, -0.25) is 4.79 Å². The Labute approximate surface area is 181 Å². The van der Waals surface area contributed by atoms with Crippen LogP contribution in [0.4, 0.5) is 4.39 Å². The number of carbonyl (C=O) groups is 2. The number of esters is 1. The van der Waals surface area contributed by atoms with E-state index in [4.69, 9.17) is 0 Å². The Morgan fingerprint density at radius 2 is 1.68 bits per heavy atom. The van der Waals surface area contributed by atoms with Gasteiger partial charge >= 0.3 is 5.97 Å².